The molecule has 130 valence electrons. The van der Waals surface area contributed by atoms with Crippen LogP contribution in [-0.2, 0) is 29.1 Å². The van der Waals surface area contributed by atoms with Gasteiger partial charge in [0.25, 0.3) is 5.89 Å². The van der Waals surface area contributed by atoms with Crippen LogP contribution in [0.3, 0.4) is 0 Å². The number of aromatic nitrogens is 3. The Morgan fingerprint density at radius 1 is 1.24 bits per heavy atom. The van der Waals surface area contributed by atoms with Gasteiger partial charge in [0.1, 0.15) is 12.4 Å². The first-order chi connectivity index (χ1) is 12.2. The van der Waals surface area contributed by atoms with Gasteiger partial charge in [-0.15, -0.1) is 0 Å². The third-order valence-electron chi connectivity index (χ3n) is 3.46. The Morgan fingerprint density at radius 3 is 2.80 bits per heavy atom. The predicted octanol–water partition coefficient (Wildman–Crippen LogP) is 2.04. The molecule has 0 aliphatic rings. The number of carbonyl (C=O) groups is 1. The van der Waals surface area contributed by atoms with Crippen LogP contribution in [0.5, 0.6) is 0 Å². The van der Waals surface area contributed by atoms with Crippen molar-refractivity contribution in [3.63, 3.8) is 0 Å². The molecule has 0 aliphatic heterocycles. The molecule has 0 fully saturated rings. The lowest BCUT2D eigenvalue weighted by atomic mass is 10.2. The van der Waals surface area contributed by atoms with Gasteiger partial charge in [-0.1, -0.05) is 23.4 Å². The number of methoxy groups -OCH3 is 1. The molecule has 8 nitrogen and oxygen atoms in total. The van der Waals surface area contributed by atoms with Gasteiger partial charge >= 0.3 is 0 Å². The summed E-state index contributed by atoms with van der Waals surface area (Å²) in [6.07, 6.45) is 0.116. The van der Waals surface area contributed by atoms with Crippen molar-refractivity contribution >= 4 is 5.91 Å². The number of hydrogen-bond acceptors (Lipinski definition) is 7. The third kappa shape index (κ3) is 4.30. The topological polar surface area (TPSA) is 103 Å². The molecule has 0 saturated carbocycles. The summed E-state index contributed by atoms with van der Waals surface area (Å²) in [5.74, 6) is 1.68. The zero-order chi connectivity index (χ0) is 17.6. The molecule has 1 aromatic carbocycles. The van der Waals surface area contributed by atoms with Gasteiger partial charge < -0.3 is 19.0 Å². The average molecular weight is 342 g/mol. The van der Waals surface area contributed by atoms with Crippen molar-refractivity contribution in [2.45, 2.75) is 26.5 Å². The molecule has 0 radical (unpaired) electrons. The van der Waals surface area contributed by atoms with Crippen LogP contribution in [0.15, 0.2) is 39.3 Å². The van der Waals surface area contributed by atoms with E-state index in [9.17, 15) is 4.79 Å². The highest BCUT2D eigenvalue weighted by molar-refractivity contribution is 5.78. The fraction of sp³-hybridized carbons (Fsp3) is 0.294. The van der Waals surface area contributed by atoms with Gasteiger partial charge in [-0.3, -0.25) is 4.79 Å². The number of aryl methyl sites for hydroxylation is 1. The molecular formula is C17H18N4O4. The van der Waals surface area contributed by atoms with Crippen molar-refractivity contribution in [1.82, 2.24) is 20.4 Å². The highest BCUT2D eigenvalue weighted by atomic mass is 16.5. The van der Waals surface area contributed by atoms with Crippen molar-refractivity contribution in [2.75, 3.05) is 7.11 Å². The second-order valence-corrected chi connectivity index (χ2v) is 5.38. The second-order valence-electron chi connectivity index (χ2n) is 5.38. The maximum Gasteiger partial charge on any atom is 0.252 e. The smallest absolute Gasteiger partial charge is 0.252 e. The van der Waals surface area contributed by atoms with Crippen LogP contribution in [0.4, 0.5) is 0 Å². The van der Waals surface area contributed by atoms with E-state index >= 15 is 0 Å². The standard InChI is InChI=1S/C17H18N4O4/c1-11-13(19-17(24-11)12-6-4-3-5-7-12)8-15(22)18-9-14-20-16(10-23-2)25-21-14/h3-7H,8-10H2,1-2H3,(H,18,22). The Bertz CT molecular complexity index is 841. The molecule has 0 atom stereocenters. The number of amides is 1. The summed E-state index contributed by atoms with van der Waals surface area (Å²) < 4.78 is 15.5. The number of benzene rings is 1. The van der Waals surface area contributed by atoms with E-state index in [0.29, 0.717) is 29.1 Å². The van der Waals surface area contributed by atoms with Crippen molar-refractivity contribution in [3.05, 3.63) is 53.5 Å². The summed E-state index contributed by atoms with van der Waals surface area (Å²) in [7, 11) is 1.54. The van der Waals surface area contributed by atoms with Crippen LogP contribution in [0.2, 0.25) is 0 Å². The Morgan fingerprint density at radius 2 is 2.04 bits per heavy atom. The van der Waals surface area contributed by atoms with Crippen molar-refractivity contribution < 1.29 is 18.5 Å². The molecule has 3 rings (SSSR count). The van der Waals surface area contributed by atoms with E-state index in [1.165, 1.54) is 7.11 Å². The number of rotatable bonds is 7. The Balaban J connectivity index is 1.58. The zero-order valence-electron chi connectivity index (χ0n) is 14.0. The highest BCUT2D eigenvalue weighted by Gasteiger charge is 2.15. The fourth-order valence-corrected chi connectivity index (χ4v) is 2.23. The summed E-state index contributed by atoms with van der Waals surface area (Å²) in [4.78, 5) is 20.6. The first kappa shape index (κ1) is 16.8. The van der Waals surface area contributed by atoms with E-state index in [0.717, 1.165) is 5.56 Å². The molecule has 1 amide bonds. The van der Waals surface area contributed by atoms with Crippen molar-refractivity contribution in [2.24, 2.45) is 0 Å². The van der Waals surface area contributed by atoms with E-state index in [-0.39, 0.29) is 25.5 Å². The van der Waals surface area contributed by atoms with Gasteiger partial charge in [-0.2, -0.15) is 4.98 Å². The number of nitrogens with one attached hydrogen (secondary N) is 1. The Kier molecular flexibility index (Phi) is 5.20. The molecule has 0 spiro atoms. The van der Waals surface area contributed by atoms with E-state index in [4.69, 9.17) is 13.7 Å². The lowest BCUT2D eigenvalue weighted by Crippen LogP contribution is -2.25. The molecule has 0 aliphatic carbocycles. The summed E-state index contributed by atoms with van der Waals surface area (Å²) >= 11 is 0. The van der Waals surface area contributed by atoms with Gasteiger partial charge in [-0.05, 0) is 19.1 Å². The van der Waals surface area contributed by atoms with Crippen LogP contribution in [-0.4, -0.2) is 28.1 Å². The van der Waals surface area contributed by atoms with Gasteiger partial charge in [0.05, 0.1) is 18.7 Å². The molecule has 25 heavy (non-hydrogen) atoms. The molecule has 3 aromatic rings. The quantitative estimate of drug-likeness (QED) is 0.700. The number of nitrogens with zero attached hydrogens (tertiary/aromatic N) is 3. The summed E-state index contributed by atoms with van der Waals surface area (Å²) in [5.41, 5.74) is 1.47. The maximum absolute atomic E-state index is 12.1. The lowest BCUT2D eigenvalue weighted by molar-refractivity contribution is -0.120. The molecule has 0 bridgehead atoms. The van der Waals surface area contributed by atoms with Gasteiger partial charge in [-0.25, -0.2) is 4.98 Å². The van der Waals surface area contributed by atoms with Crippen LogP contribution in [0.25, 0.3) is 11.5 Å². The minimum absolute atomic E-state index is 0.116. The second kappa shape index (κ2) is 7.71. The Hall–Kier alpha value is -3.00. The van der Waals surface area contributed by atoms with Crippen LogP contribution in [0, 0.1) is 6.92 Å². The van der Waals surface area contributed by atoms with Crippen molar-refractivity contribution in [1.29, 1.82) is 0 Å². The number of hydrogen-bond donors (Lipinski definition) is 1. The first-order valence-electron chi connectivity index (χ1n) is 7.74. The van der Waals surface area contributed by atoms with Crippen LogP contribution in [0.1, 0.15) is 23.2 Å². The number of ether oxygens (including phenoxy) is 1. The molecule has 0 saturated heterocycles. The van der Waals surface area contributed by atoms with Crippen molar-refractivity contribution in [3.8, 4) is 11.5 Å². The van der Waals surface area contributed by atoms with Gasteiger partial charge in [0.15, 0.2) is 5.82 Å². The summed E-state index contributed by atoms with van der Waals surface area (Å²) in [6.45, 7) is 2.20. The normalized spacial score (nSPS) is 10.8. The van der Waals surface area contributed by atoms with Crippen LogP contribution < -0.4 is 5.32 Å². The van der Waals surface area contributed by atoms with E-state index < -0.39 is 0 Å². The minimum Gasteiger partial charge on any atom is -0.441 e. The number of oxazole rings is 1. The molecule has 2 heterocycles. The summed E-state index contributed by atoms with van der Waals surface area (Å²) in [6, 6.07) is 9.55. The Labute approximate surface area is 144 Å². The van der Waals surface area contributed by atoms with E-state index in [1.807, 2.05) is 30.3 Å². The molecule has 8 heteroatoms. The molecule has 1 N–H and O–H groups in total. The monoisotopic (exact) mass is 342 g/mol. The zero-order valence-corrected chi connectivity index (χ0v) is 14.0. The van der Waals surface area contributed by atoms with E-state index in [2.05, 4.69) is 20.4 Å². The maximum atomic E-state index is 12.1. The highest BCUT2D eigenvalue weighted by Crippen LogP contribution is 2.21. The number of carbonyl (C=O) groups excluding carboxylic acids is 1. The fourth-order valence-electron chi connectivity index (χ4n) is 2.23. The summed E-state index contributed by atoms with van der Waals surface area (Å²) in [5, 5.41) is 6.49. The van der Waals surface area contributed by atoms with E-state index in [1.54, 1.807) is 6.92 Å². The average Bonchev–Trinajstić information content (AvgIpc) is 3.21. The molecule has 0 unspecified atom stereocenters. The van der Waals surface area contributed by atoms with Gasteiger partial charge in [0.2, 0.25) is 11.8 Å². The minimum atomic E-state index is -0.200. The largest absolute Gasteiger partial charge is 0.441 e. The first-order valence-corrected chi connectivity index (χ1v) is 7.74. The molecule has 2 aromatic heterocycles. The predicted molar refractivity (Wildman–Crippen MR) is 87.2 cm³/mol. The third-order valence-corrected chi connectivity index (χ3v) is 3.46. The van der Waals surface area contributed by atoms with Gasteiger partial charge in [0, 0.05) is 12.7 Å². The molecular weight excluding hydrogens is 324 g/mol. The SMILES string of the molecule is COCc1nc(CNC(=O)Cc2nc(-c3ccccc3)oc2C)no1. The van der Waals surface area contributed by atoms with Crippen LogP contribution >= 0.6 is 0 Å². The lowest BCUT2D eigenvalue weighted by Gasteiger charge is -2.00.